The van der Waals surface area contributed by atoms with Crippen molar-refractivity contribution in [2.75, 3.05) is 0 Å². The fraction of sp³-hybridized carbons (Fsp3) is 0. The van der Waals surface area contributed by atoms with E-state index in [-0.39, 0.29) is 54.0 Å². The van der Waals surface area contributed by atoms with E-state index in [0.717, 1.165) is 0 Å². The third-order valence-corrected chi connectivity index (χ3v) is 0. The van der Waals surface area contributed by atoms with Gasteiger partial charge in [-0.25, -0.2) is 0 Å². The summed E-state index contributed by atoms with van der Waals surface area (Å²) in [4.78, 5) is 0. The van der Waals surface area contributed by atoms with Gasteiger partial charge in [-0.2, -0.15) is 25.3 Å². The zero-order valence-electron chi connectivity index (χ0n) is 15.0. The van der Waals surface area contributed by atoms with Crippen LogP contribution in [0.5, 0.6) is 0 Å². The first-order valence-corrected chi connectivity index (χ1v) is 12.3. The molecule has 0 aliphatic heterocycles. The van der Waals surface area contributed by atoms with Gasteiger partial charge in [0.25, 0.3) is 0 Å². The van der Waals surface area contributed by atoms with E-state index in [1.807, 2.05) is 0 Å². The Morgan fingerprint density at radius 1 is 0.333 bits per heavy atom. The second-order valence-corrected chi connectivity index (χ2v) is 7.70. The van der Waals surface area contributed by atoms with Gasteiger partial charge < -0.3 is 39.6 Å². The van der Waals surface area contributed by atoms with E-state index in [1.165, 1.54) is 0 Å². The minimum Gasteiger partial charge on any atom is -0.759 e. The van der Waals surface area contributed by atoms with Crippen LogP contribution in [0, 0.1) is 41.7 Å². The van der Waals surface area contributed by atoms with Gasteiger partial charge in [0.15, 0.2) is 0 Å². The molecule has 33 heavy (non-hydrogen) atoms. The molecule has 0 aliphatic carbocycles. The smallest absolute Gasteiger partial charge is 0.759 e. The van der Waals surface area contributed by atoms with Gasteiger partial charge in [-0.3, -0.25) is 52.6 Å². The van der Waals surface area contributed by atoms with E-state index in [0.29, 0.717) is 0 Å². The first kappa shape index (κ1) is 59.0. The van der Waals surface area contributed by atoms with Gasteiger partial charge in [0.05, 0.1) is 0 Å². The number of rotatable bonds is 0. The SMILES string of the molecule is O=S(=O)(O)O.O=S(=O)(O)O.O=S(=O)(O)O.O=S(=O)([O-])[O-].O=S(=O)([O-])[O-].O=S(=O)([O-])[O-].[Ce+4].[NH4+].[NH4+]. The molecule has 0 amide bonds. The molecule has 0 unspecified atom stereocenters. The molecule has 0 saturated heterocycles. The summed E-state index contributed by atoms with van der Waals surface area (Å²) in [5, 5.41) is 0. The summed E-state index contributed by atoms with van der Waals surface area (Å²) in [6.07, 6.45) is 0. The topological polar surface area (TPSA) is 538 Å². The first-order valence-electron chi connectivity index (χ1n) is 4.10. The molecular formula is H14CeN2O24S6. The maximum absolute atomic E-state index is 8.74. The summed E-state index contributed by atoms with van der Waals surface area (Å²) in [6.45, 7) is 0. The Balaban J connectivity index is -0.0000000294. The molecular weight excluding hydrogens is 745 g/mol. The van der Waals surface area contributed by atoms with Crippen LogP contribution >= 0.6 is 0 Å². The Morgan fingerprint density at radius 2 is 0.333 bits per heavy atom. The molecule has 0 atom stereocenters. The Kier molecular flexibility index (Phi) is 43.3. The minimum absolute atomic E-state index is 0. The number of hydrogen-bond acceptors (Lipinski definition) is 18. The summed E-state index contributed by atoms with van der Waals surface area (Å²) in [5.41, 5.74) is 0. The molecule has 0 aromatic carbocycles. The molecule has 0 aliphatic rings. The molecule has 0 radical (unpaired) electrons. The van der Waals surface area contributed by atoms with E-state index in [9.17, 15) is 0 Å². The number of hydrogen-bond donors (Lipinski definition) is 8. The summed E-state index contributed by atoms with van der Waals surface area (Å²) in [7, 11) is -29.5. The van der Waals surface area contributed by atoms with Crippen molar-refractivity contribution in [2.24, 2.45) is 0 Å². The second kappa shape index (κ2) is 24.2. The average molecular weight is 759 g/mol. The van der Waals surface area contributed by atoms with Gasteiger partial charge in [0.2, 0.25) is 0 Å². The van der Waals surface area contributed by atoms with E-state index >= 15 is 0 Å². The van der Waals surface area contributed by atoms with Crippen molar-refractivity contribution >= 4 is 62.4 Å². The molecule has 208 valence electrons. The molecule has 0 aromatic rings. The van der Waals surface area contributed by atoms with Crippen LogP contribution in [0.4, 0.5) is 0 Å². The van der Waals surface area contributed by atoms with Crippen LogP contribution in [-0.4, -0.2) is 105 Å². The molecule has 26 nitrogen and oxygen atoms in total. The van der Waals surface area contributed by atoms with Crippen LogP contribution in [0.15, 0.2) is 0 Å². The third-order valence-electron chi connectivity index (χ3n) is 0. The van der Waals surface area contributed by atoms with E-state index in [4.69, 9.17) is 105 Å². The minimum atomic E-state index is -5.17. The Labute approximate surface area is 219 Å². The monoisotopic (exact) mass is 758 g/mol. The van der Waals surface area contributed by atoms with Gasteiger partial charge in [-0.1, -0.05) is 0 Å². The van der Waals surface area contributed by atoms with Gasteiger partial charge in [-0.15, -0.1) is 0 Å². The predicted molar refractivity (Wildman–Crippen MR) is 85.9 cm³/mol. The summed E-state index contributed by atoms with van der Waals surface area (Å²) in [6, 6.07) is 0. The van der Waals surface area contributed by atoms with Crippen LogP contribution < -0.4 is 12.3 Å². The van der Waals surface area contributed by atoms with Crippen molar-refractivity contribution in [1.82, 2.24) is 12.3 Å². The molecule has 0 aromatic heterocycles. The Morgan fingerprint density at radius 3 is 0.333 bits per heavy atom. The van der Waals surface area contributed by atoms with Crippen molar-refractivity contribution in [3.63, 3.8) is 0 Å². The Bertz CT molecular complexity index is 771. The molecule has 0 spiro atoms. The maximum Gasteiger partial charge on any atom is 4.00 e. The molecule has 0 saturated carbocycles. The van der Waals surface area contributed by atoms with E-state index < -0.39 is 62.4 Å². The quantitative estimate of drug-likeness (QED) is 0.0845. The van der Waals surface area contributed by atoms with Crippen molar-refractivity contribution in [3.05, 3.63) is 0 Å². The van der Waals surface area contributed by atoms with Gasteiger partial charge in [-0.05, 0) is 0 Å². The van der Waals surface area contributed by atoms with Crippen LogP contribution in [0.25, 0.3) is 0 Å². The summed E-state index contributed by atoms with van der Waals surface area (Å²) < 4.78 is 197. The van der Waals surface area contributed by atoms with Gasteiger partial charge in [0, 0.05) is 31.2 Å². The molecule has 0 heterocycles. The Hall–Kier alpha value is 0.517. The predicted octanol–water partition coefficient (Wildman–Crippen LogP) is -5.22. The van der Waals surface area contributed by atoms with Gasteiger partial charge >= 0.3 is 72.9 Å². The van der Waals surface area contributed by atoms with Crippen molar-refractivity contribution in [3.8, 4) is 0 Å². The summed E-state index contributed by atoms with van der Waals surface area (Å²) >= 11 is 0. The molecule has 14 N–H and O–H groups in total. The fourth-order valence-electron chi connectivity index (χ4n) is 0. The fourth-order valence-corrected chi connectivity index (χ4v) is 0. The van der Waals surface area contributed by atoms with Crippen LogP contribution in [0.2, 0.25) is 0 Å². The maximum atomic E-state index is 8.74. The average Bonchev–Trinajstić information content (AvgIpc) is 1.94. The normalized spacial score (nSPS) is 10.5. The zero-order valence-corrected chi connectivity index (χ0v) is 23.0. The number of quaternary nitrogens is 2. The van der Waals surface area contributed by atoms with Crippen molar-refractivity contribution < 1.29 is 147 Å². The van der Waals surface area contributed by atoms with Gasteiger partial charge in [0.1, 0.15) is 0 Å². The molecule has 0 fully saturated rings. The summed E-state index contributed by atoms with van der Waals surface area (Å²) in [5.74, 6) is 0. The molecule has 0 bridgehead atoms. The molecule has 0 rings (SSSR count). The van der Waals surface area contributed by atoms with Crippen molar-refractivity contribution in [2.45, 2.75) is 0 Å². The van der Waals surface area contributed by atoms with Crippen LogP contribution in [0.3, 0.4) is 0 Å². The van der Waals surface area contributed by atoms with Crippen molar-refractivity contribution in [1.29, 1.82) is 0 Å². The zero-order chi connectivity index (χ0) is 27.0. The molecule has 33 heteroatoms. The standard InChI is InChI=1S/Ce.2H3N.6H2O4S/c;;;6*1-5(2,3)4/h;2*1H3;6*(H2,1,2,3,4)/q+4;;;;;;;;/p-4. The van der Waals surface area contributed by atoms with E-state index in [1.54, 1.807) is 0 Å². The first-order chi connectivity index (χ1) is 12.0. The second-order valence-electron chi connectivity index (χ2n) is 2.57. The van der Waals surface area contributed by atoms with E-state index in [2.05, 4.69) is 0 Å². The third kappa shape index (κ3) is 113000. The largest absolute Gasteiger partial charge is 4.00 e. The van der Waals surface area contributed by atoms with Crippen LogP contribution in [-0.2, 0) is 62.4 Å². The van der Waals surface area contributed by atoms with Crippen LogP contribution in [0.1, 0.15) is 0 Å².